The molecule has 0 saturated carbocycles. The van der Waals surface area contributed by atoms with Crippen molar-refractivity contribution in [3.8, 4) is 11.8 Å². The van der Waals surface area contributed by atoms with Crippen LogP contribution in [0.25, 0.3) is 0 Å². The van der Waals surface area contributed by atoms with E-state index >= 15 is 0 Å². The SMILES string of the molecule is N#CCNC(=O)COc1cc(F)ccc1C(=O)O. The number of benzene rings is 1. The monoisotopic (exact) mass is 252 g/mol. The van der Waals surface area contributed by atoms with E-state index in [4.69, 9.17) is 15.1 Å². The standard InChI is InChI=1S/C11H9FN2O4/c12-7-1-2-8(11(16)17)9(5-7)18-6-10(15)14-4-3-13/h1-2,5H,4,6H2,(H,14,15)(H,16,17). The number of rotatable bonds is 5. The van der Waals surface area contributed by atoms with Crippen LogP contribution >= 0.6 is 0 Å². The van der Waals surface area contributed by atoms with E-state index in [1.54, 1.807) is 6.07 Å². The molecule has 0 atom stereocenters. The first kappa shape index (κ1) is 13.4. The predicted octanol–water partition coefficient (Wildman–Crippen LogP) is 0.542. The number of carboxylic acid groups (broad SMARTS) is 1. The van der Waals surface area contributed by atoms with Gasteiger partial charge in [0.2, 0.25) is 0 Å². The molecule has 0 heterocycles. The van der Waals surface area contributed by atoms with Crippen LogP contribution in [0, 0.1) is 17.1 Å². The first-order valence-corrected chi connectivity index (χ1v) is 4.84. The van der Waals surface area contributed by atoms with Gasteiger partial charge >= 0.3 is 5.97 Å². The minimum absolute atomic E-state index is 0.183. The molecule has 0 saturated heterocycles. The summed E-state index contributed by atoms with van der Waals surface area (Å²) >= 11 is 0. The molecular weight excluding hydrogens is 243 g/mol. The first-order valence-electron chi connectivity index (χ1n) is 4.84. The smallest absolute Gasteiger partial charge is 0.339 e. The number of halogens is 1. The molecule has 0 fully saturated rings. The van der Waals surface area contributed by atoms with Gasteiger partial charge in [-0.3, -0.25) is 4.79 Å². The summed E-state index contributed by atoms with van der Waals surface area (Å²) in [6.07, 6.45) is 0. The Bertz CT molecular complexity index is 510. The minimum atomic E-state index is -1.29. The maximum atomic E-state index is 12.9. The van der Waals surface area contributed by atoms with E-state index in [1.165, 1.54) is 0 Å². The van der Waals surface area contributed by atoms with Gasteiger partial charge in [-0.1, -0.05) is 0 Å². The Hall–Kier alpha value is -2.62. The predicted molar refractivity (Wildman–Crippen MR) is 57.5 cm³/mol. The molecule has 6 nitrogen and oxygen atoms in total. The molecule has 0 aliphatic heterocycles. The zero-order valence-corrected chi connectivity index (χ0v) is 9.14. The van der Waals surface area contributed by atoms with Gasteiger partial charge in [0.25, 0.3) is 5.91 Å². The molecule has 1 rings (SSSR count). The van der Waals surface area contributed by atoms with Crippen molar-refractivity contribution in [3.05, 3.63) is 29.6 Å². The summed E-state index contributed by atoms with van der Waals surface area (Å²) < 4.78 is 17.8. The van der Waals surface area contributed by atoms with Gasteiger partial charge in [0.1, 0.15) is 23.7 Å². The summed E-state index contributed by atoms with van der Waals surface area (Å²) in [5.41, 5.74) is -0.246. The highest BCUT2D eigenvalue weighted by atomic mass is 19.1. The molecule has 94 valence electrons. The van der Waals surface area contributed by atoms with Crippen molar-refractivity contribution in [2.24, 2.45) is 0 Å². The van der Waals surface area contributed by atoms with Gasteiger partial charge in [-0.05, 0) is 12.1 Å². The number of ether oxygens (including phenoxy) is 1. The van der Waals surface area contributed by atoms with E-state index in [0.29, 0.717) is 0 Å². The van der Waals surface area contributed by atoms with Gasteiger partial charge in [0, 0.05) is 6.07 Å². The van der Waals surface area contributed by atoms with Gasteiger partial charge in [-0.15, -0.1) is 0 Å². The fraction of sp³-hybridized carbons (Fsp3) is 0.182. The molecule has 0 aromatic heterocycles. The number of carbonyl (C=O) groups excluding carboxylic acids is 1. The van der Waals surface area contributed by atoms with Crippen molar-refractivity contribution in [2.75, 3.05) is 13.2 Å². The van der Waals surface area contributed by atoms with Gasteiger partial charge < -0.3 is 15.2 Å². The lowest BCUT2D eigenvalue weighted by molar-refractivity contribution is -0.122. The van der Waals surface area contributed by atoms with Crippen molar-refractivity contribution in [2.45, 2.75) is 0 Å². The molecule has 0 aliphatic rings. The highest BCUT2D eigenvalue weighted by molar-refractivity contribution is 5.91. The molecule has 18 heavy (non-hydrogen) atoms. The Kier molecular flexibility index (Phi) is 4.63. The van der Waals surface area contributed by atoms with Crippen molar-refractivity contribution in [3.63, 3.8) is 0 Å². The number of carboxylic acids is 1. The zero-order valence-electron chi connectivity index (χ0n) is 9.14. The van der Waals surface area contributed by atoms with Crippen LogP contribution in [0.4, 0.5) is 4.39 Å². The van der Waals surface area contributed by atoms with Crippen molar-refractivity contribution >= 4 is 11.9 Å². The molecule has 0 unspecified atom stereocenters. The highest BCUT2D eigenvalue weighted by Crippen LogP contribution is 2.19. The van der Waals surface area contributed by atoms with Crippen LogP contribution in [-0.2, 0) is 4.79 Å². The lowest BCUT2D eigenvalue weighted by atomic mass is 10.2. The molecule has 0 spiro atoms. The number of nitrogens with one attached hydrogen (secondary N) is 1. The van der Waals surface area contributed by atoms with Gasteiger partial charge in [0.15, 0.2) is 6.61 Å². The average molecular weight is 252 g/mol. The summed E-state index contributed by atoms with van der Waals surface area (Å²) in [5, 5.41) is 19.2. The van der Waals surface area contributed by atoms with Crippen LogP contribution in [0.5, 0.6) is 5.75 Å². The minimum Gasteiger partial charge on any atom is -0.483 e. The van der Waals surface area contributed by atoms with Crippen LogP contribution in [0.1, 0.15) is 10.4 Å². The van der Waals surface area contributed by atoms with Crippen LogP contribution in [0.2, 0.25) is 0 Å². The number of carbonyl (C=O) groups is 2. The van der Waals surface area contributed by atoms with E-state index < -0.39 is 24.3 Å². The van der Waals surface area contributed by atoms with Crippen molar-refractivity contribution < 1.29 is 23.8 Å². The summed E-state index contributed by atoms with van der Waals surface area (Å²) in [4.78, 5) is 21.9. The Balaban J connectivity index is 2.72. The second-order valence-corrected chi connectivity index (χ2v) is 3.17. The number of nitrogens with zero attached hydrogens (tertiary/aromatic N) is 1. The maximum Gasteiger partial charge on any atom is 0.339 e. The Morgan fingerprint density at radius 1 is 1.50 bits per heavy atom. The van der Waals surface area contributed by atoms with E-state index in [0.717, 1.165) is 18.2 Å². The van der Waals surface area contributed by atoms with Crippen LogP contribution < -0.4 is 10.1 Å². The molecule has 1 aromatic carbocycles. The van der Waals surface area contributed by atoms with Gasteiger partial charge in [-0.25, -0.2) is 9.18 Å². The van der Waals surface area contributed by atoms with Gasteiger partial charge in [-0.2, -0.15) is 5.26 Å². The first-order chi connectivity index (χ1) is 8.54. The third kappa shape index (κ3) is 3.75. The molecule has 0 radical (unpaired) electrons. The van der Waals surface area contributed by atoms with Crippen LogP contribution in [-0.4, -0.2) is 30.1 Å². The third-order valence-corrected chi connectivity index (χ3v) is 1.90. The number of hydrogen-bond acceptors (Lipinski definition) is 4. The molecule has 1 amide bonds. The molecule has 0 bridgehead atoms. The van der Waals surface area contributed by atoms with E-state index in [1.807, 2.05) is 0 Å². The molecule has 2 N–H and O–H groups in total. The lowest BCUT2D eigenvalue weighted by Gasteiger charge is -2.08. The number of nitriles is 1. The maximum absolute atomic E-state index is 12.9. The summed E-state index contributed by atoms with van der Waals surface area (Å²) in [6, 6.07) is 4.59. The van der Waals surface area contributed by atoms with Crippen LogP contribution in [0.3, 0.4) is 0 Å². The fourth-order valence-corrected chi connectivity index (χ4v) is 1.12. The molecule has 7 heteroatoms. The van der Waals surface area contributed by atoms with Crippen molar-refractivity contribution in [1.29, 1.82) is 5.26 Å². The lowest BCUT2D eigenvalue weighted by Crippen LogP contribution is -2.29. The second-order valence-electron chi connectivity index (χ2n) is 3.17. The fourth-order valence-electron chi connectivity index (χ4n) is 1.12. The molecule has 0 aliphatic carbocycles. The summed E-state index contributed by atoms with van der Waals surface area (Å²) in [5.74, 6) is -2.80. The average Bonchev–Trinajstić information content (AvgIpc) is 2.33. The van der Waals surface area contributed by atoms with E-state index in [9.17, 15) is 14.0 Å². The quantitative estimate of drug-likeness (QED) is 0.745. The Morgan fingerprint density at radius 2 is 2.22 bits per heavy atom. The second kappa shape index (κ2) is 6.20. The number of aromatic carboxylic acids is 1. The van der Waals surface area contributed by atoms with E-state index in [-0.39, 0.29) is 17.9 Å². The normalized spacial score (nSPS) is 9.33. The van der Waals surface area contributed by atoms with Gasteiger partial charge in [0.05, 0.1) is 6.07 Å². The number of amides is 1. The molecule has 1 aromatic rings. The van der Waals surface area contributed by atoms with Crippen molar-refractivity contribution in [1.82, 2.24) is 5.32 Å². The summed E-state index contributed by atoms with van der Waals surface area (Å²) in [7, 11) is 0. The Morgan fingerprint density at radius 3 is 2.83 bits per heavy atom. The van der Waals surface area contributed by atoms with Crippen LogP contribution in [0.15, 0.2) is 18.2 Å². The largest absolute Gasteiger partial charge is 0.483 e. The topological polar surface area (TPSA) is 99.4 Å². The highest BCUT2D eigenvalue weighted by Gasteiger charge is 2.13. The molecular formula is C11H9FN2O4. The Labute approximate surface area is 102 Å². The summed E-state index contributed by atoms with van der Waals surface area (Å²) in [6.45, 7) is -0.678. The number of hydrogen-bond donors (Lipinski definition) is 2. The zero-order chi connectivity index (χ0) is 13.5. The van der Waals surface area contributed by atoms with E-state index in [2.05, 4.69) is 5.32 Å². The third-order valence-electron chi connectivity index (χ3n) is 1.90.